The fraction of sp³-hybridized carbons (Fsp3) is 0.364. The first kappa shape index (κ1) is 21.8. The summed E-state index contributed by atoms with van der Waals surface area (Å²) in [5, 5.41) is 3.47. The number of nitrogens with one attached hydrogen (secondary N) is 1. The Morgan fingerprint density at radius 1 is 1.07 bits per heavy atom. The van der Waals surface area contributed by atoms with E-state index in [0.717, 1.165) is 5.56 Å². The van der Waals surface area contributed by atoms with Gasteiger partial charge in [0, 0.05) is 17.1 Å². The molecule has 0 unspecified atom stereocenters. The lowest BCUT2D eigenvalue weighted by molar-refractivity contribution is -0.142. The van der Waals surface area contributed by atoms with E-state index in [2.05, 4.69) is 5.32 Å². The third-order valence-electron chi connectivity index (χ3n) is 4.07. The molecule has 0 saturated carbocycles. The number of para-hydroxylation sites is 1. The van der Waals surface area contributed by atoms with Gasteiger partial charge in [0.2, 0.25) is 5.91 Å². The van der Waals surface area contributed by atoms with Crippen molar-refractivity contribution in [2.45, 2.75) is 45.8 Å². The Kier molecular flexibility index (Phi) is 7.46. The van der Waals surface area contributed by atoms with E-state index in [9.17, 15) is 9.59 Å². The summed E-state index contributed by atoms with van der Waals surface area (Å²) in [5.74, 6) is 0.0771. The number of benzene rings is 2. The van der Waals surface area contributed by atoms with E-state index in [1.165, 1.54) is 4.90 Å². The Morgan fingerprint density at radius 3 is 2.29 bits per heavy atom. The molecule has 0 aliphatic heterocycles. The summed E-state index contributed by atoms with van der Waals surface area (Å²) < 4.78 is 5.59. The van der Waals surface area contributed by atoms with Crippen LogP contribution in [0.3, 0.4) is 0 Å². The van der Waals surface area contributed by atoms with Crippen LogP contribution in [0.1, 0.15) is 33.3 Å². The quantitative estimate of drug-likeness (QED) is 0.760. The average molecular weight is 403 g/mol. The molecule has 0 heterocycles. The van der Waals surface area contributed by atoms with Gasteiger partial charge in [-0.3, -0.25) is 9.59 Å². The number of hydrogen-bond donors (Lipinski definition) is 1. The molecule has 1 atom stereocenters. The maximum atomic E-state index is 12.9. The molecular weight excluding hydrogens is 376 g/mol. The lowest BCUT2D eigenvalue weighted by atomic mass is 10.1. The van der Waals surface area contributed by atoms with Gasteiger partial charge in [0.1, 0.15) is 11.8 Å². The van der Waals surface area contributed by atoms with Crippen molar-refractivity contribution >= 4 is 23.4 Å². The van der Waals surface area contributed by atoms with Gasteiger partial charge in [-0.1, -0.05) is 48.0 Å². The molecule has 0 aliphatic rings. The molecule has 0 bridgehead atoms. The molecular formula is C22H27ClN2O3. The molecule has 2 aromatic carbocycles. The van der Waals surface area contributed by atoms with Crippen LogP contribution in [0.25, 0.3) is 0 Å². The number of nitrogens with zero attached hydrogens (tertiary/aromatic N) is 1. The van der Waals surface area contributed by atoms with Crippen molar-refractivity contribution in [1.82, 2.24) is 10.2 Å². The number of hydrogen-bond acceptors (Lipinski definition) is 3. The summed E-state index contributed by atoms with van der Waals surface area (Å²) in [5.41, 5.74) is 0.373. The van der Waals surface area contributed by atoms with Crippen molar-refractivity contribution in [3.8, 4) is 5.75 Å². The van der Waals surface area contributed by atoms with Gasteiger partial charge in [0.25, 0.3) is 5.91 Å². The van der Waals surface area contributed by atoms with E-state index < -0.39 is 11.6 Å². The fourth-order valence-corrected chi connectivity index (χ4v) is 2.81. The molecule has 28 heavy (non-hydrogen) atoms. The highest BCUT2D eigenvalue weighted by atomic mass is 35.5. The van der Waals surface area contributed by atoms with Crippen LogP contribution in [0.2, 0.25) is 5.02 Å². The molecule has 0 saturated heterocycles. The average Bonchev–Trinajstić information content (AvgIpc) is 2.64. The maximum absolute atomic E-state index is 12.9. The second kappa shape index (κ2) is 9.60. The number of rotatable bonds is 7. The largest absolute Gasteiger partial charge is 0.484 e. The first-order chi connectivity index (χ1) is 13.2. The summed E-state index contributed by atoms with van der Waals surface area (Å²) in [4.78, 5) is 27.1. The van der Waals surface area contributed by atoms with Crippen molar-refractivity contribution in [2.75, 3.05) is 6.61 Å². The van der Waals surface area contributed by atoms with Crippen LogP contribution >= 0.6 is 11.6 Å². The van der Waals surface area contributed by atoms with Gasteiger partial charge in [-0.25, -0.2) is 0 Å². The Morgan fingerprint density at radius 2 is 1.68 bits per heavy atom. The van der Waals surface area contributed by atoms with E-state index in [4.69, 9.17) is 16.3 Å². The molecule has 150 valence electrons. The van der Waals surface area contributed by atoms with Gasteiger partial charge < -0.3 is 15.0 Å². The fourth-order valence-electron chi connectivity index (χ4n) is 2.61. The minimum Gasteiger partial charge on any atom is -0.484 e. The van der Waals surface area contributed by atoms with Gasteiger partial charge in [-0.15, -0.1) is 0 Å². The van der Waals surface area contributed by atoms with Gasteiger partial charge in [0.15, 0.2) is 6.61 Å². The van der Waals surface area contributed by atoms with Crippen LogP contribution in [0.4, 0.5) is 0 Å². The highest BCUT2D eigenvalue weighted by Crippen LogP contribution is 2.19. The first-order valence-corrected chi connectivity index (χ1v) is 9.58. The van der Waals surface area contributed by atoms with E-state index in [-0.39, 0.29) is 25.0 Å². The minimum absolute atomic E-state index is 0.165. The van der Waals surface area contributed by atoms with E-state index in [1.54, 1.807) is 25.1 Å². The van der Waals surface area contributed by atoms with E-state index >= 15 is 0 Å². The lowest BCUT2D eigenvalue weighted by Crippen LogP contribution is -2.53. The molecule has 0 spiro atoms. The molecule has 0 fully saturated rings. The highest BCUT2D eigenvalue weighted by Gasteiger charge is 2.29. The van der Waals surface area contributed by atoms with Crippen LogP contribution < -0.4 is 10.1 Å². The molecule has 0 aromatic heterocycles. The third kappa shape index (κ3) is 6.57. The summed E-state index contributed by atoms with van der Waals surface area (Å²) in [6.07, 6.45) is 0. The van der Waals surface area contributed by atoms with Crippen LogP contribution in [0, 0.1) is 0 Å². The molecule has 0 aliphatic carbocycles. The zero-order valence-corrected chi connectivity index (χ0v) is 17.5. The van der Waals surface area contributed by atoms with Crippen molar-refractivity contribution in [3.63, 3.8) is 0 Å². The van der Waals surface area contributed by atoms with Gasteiger partial charge in [0.05, 0.1) is 0 Å². The summed E-state index contributed by atoms with van der Waals surface area (Å²) in [6.45, 7) is 7.46. The summed E-state index contributed by atoms with van der Waals surface area (Å²) in [6, 6.07) is 15.7. The number of carbonyl (C=O) groups is 2. The van der Waals surface area contributed by atoms with Gasteiger partial charge in [-0.2, -0.15) is 0 Å². The van der Waals surface area contributed by atoms with Crippen LogP contribution in [-0.4, -0.2) is 34.9 Å². The molecule has 2 rings (SSSR count). The molecule has 2 amide bonds. The second-order valence-electron chi connectivity index (χ2n) is 7.63. The molecule has 6 heteroatoms. The number of ether oxygens (including phenoxy) is 1. The Balaban J connectivity index is 2.18. The Bertz CT molecular complexity index is 803. The van der Waals surface area contributed by atoms with Gasteiger partial charge >= 0.3 is 0 Å². The predicted octanol–water partition coefficient (Wildman–Crippen LogP) is 4.05. The minimum atomic E-state index is -0.678. The Hall–Kier alpha value is -2.53. The molecule has 5 nitrogen and oxygen atoms in total. The molecule has 1 N–H and O–H groups in total. The van der Waals surface area contributed by atoms with E-state index in [1.807, 2.05) is 57.2 Å². The zero-order valence-electron chi connectivity index (χ0n) is 16.7. The number of halogens is 1. The SMILES string of the molecule is C[C@H](C(=O)NC(C)(C)C)N(Cc1ccccc1Cl)C(=O)COc1ccccc1. The van der Waals surface area contributed by atoms with Crippen molar-refractivity contribution in [1.29, 1.82) is 0 Å². The number of carbonyl (C=O) groups excluding carboxylic acids is 2. The van der Waals surface area contributed by atoms with Gasteiger partial charge in [-0.05, 0) is 51.5 Å². The Labute approximate surface area is 171 Å². The maximum Gasteiger partial charge on any atom is 0.261 e. The zero-order chi connectivity index (χ0) is 20.7. The predicted molar refractivity (Wildman–Crippen MR) is 111 cm³/mol. The summed E-state index contributed by atoms with van der Waals surface area (Å²) in [7, 11) is 0. The van der Waals surface area contributed by atoms with E-state index in [0.29, 0.717) is 10.8 Å². The monoisotopic (exact) mass is 402 g/mol. The van der Waals surface area contributed by atoms with Crippen LogP contribution in [-0.2, 0) is 16.1 Å². The normalized spacial score (nSPS) is 12.2. The van der Waals surface area contributed by atoms with Crippen molar-refractivity contribution in [2.24, 2.45) is 0 Å². The summed E-state index contributed by atoms with van der Waals surface area (Å²) >= 11 is 6.27. The molecule has 2 aromatic rings. The number of amides is 2. The topological polar surface area (TPSA) is 58.6 Å². The second-order valence-corrected chi connectivity index (χ2v) is 8.04. The van der Waals surface area contributed by atoms with Crippen molar-refractivity contribution < 1.29 is 14.3 Å². The van der Waals surface area contributed by atoms with Crippen molar-refractivity contribution in [3.05, 3.63) is 65.2 Å². The molecule has 0 radical (unpaired) electrons. The standard InChI is InChI=1S/C22H27ClN2O3/c1-16(21(27)24-22(2,3)4)25(14-17-10-8-9-13-19(17)23)20(26)15-28-18-11-6-5-7-12-18/h5-13,16H,14-15H2,1-4H3,(H,24,27)/t16-/m1/s1. The third-order valence-corrected chi connectivity index (χ3v) is 4.44. The highest BCUT2D eigenvalue weighted by molar-refractivity contribution is 6.31. The first-order valence-electron chi connectivity index (χ1n) is 9.20. The lowest BCUT2D eigenvalue weighted by Gasteiger charge is -2.31. The van der Waals surface area contributed by atoms with Crippen LogP contribution in [0.15, 0.2) is 54.6 Å². The smallest absolute Gasteiger partial charge is 0.261 e. The van der Waals surface area contributed by atoms with Crippen LogP contribution in [0.5, 0.6) is 5.75 Å².